The molecule has 4 heteroatoms. The van der Waals surface area contributed by atoms with E-state index in [2.05, 4.69) is 173 Å². The molecule has 294 valence electrons. The first-order chi connectivity index (χ1) is 25.4. The molecular formula is C49H78N4. The second kappa shape index (κ2) is 27.4. The Hall–Kier alpha value is -3.21. The van der Waals surface area contributed by atoms with Crippen LogP contribution in [0.2, 0.25) is 0 Å². The van der Waals surface area contributed by atoms with Gasteiger partial charge in [0.25, 0.3) is 0 Å². The lowest BCUT2D eigenvalue weighted by atomic mass is 9.89. The SMILES string of the molecule is CC(C)(C)CCCCc1cnc[nH]1.CC(C)CCCc1ccccc1.CC(C)CCCc1ccccc1.CC(C)N1CCN(Cc2ccccc2)CC1. The maximum absolute atomic E-state index is 3.99. The quantitative estimate of drug-likeness (QED) is 0.124. The maximum atomic E-state index is 3.99. The molecule has 2 heterocycles. The van der Waals surface area contributed by atoms with Gasteiger partial charge in [-0.15, -0.1) is 0 Å². The second-order valence-corrected chi connectivity index (χ2v) is 17.3. The number of imidazole rings is 1. The van der Waals surface area contributed by atoms with Crippen molar-refractivity contribution < 1.29 is 0 Å². The minimum absolute atomic E-state index is 0.480. The normalized spacial score (nSPS) is 13.5. The molecule has 0 spiro atoms. The van der Waals surface area contributed by atoms with E-state index in [1.165, 1.54) is 106 Å². The third kappa shape index (κ3) is 24.7. The summed E-state index contributed by atoms with van der Waals surface area (Å²) in [5, 5.41) is 0. The molecule has 1 aromatic heterocycles. The molecule has 0 saturated carbocycles. The average molecular weight is 723 g/mol. The Bertz CT molecular complexity index is 1300. The maximum Gasteiger partial charge on any atom is 0.0921 e. The van der Waals surface area contributed by atoms with Gasteiger partial charge >= 0.3 is 0 Å². The van der Waals surface area contributed by atoms with Gasteiger partial charge in [-0.25, -0.2) is 4.98 Å². The molecule has 4 nitrogen and oxygen atoms in total. The van der Waals surface area contributed by atoms with Crippen LogP contribution >= 0.6 is 0 Å². The summed E-state index contributed by atoms with van der Waals surface area (Å²) in [5.41, 5.74) is 6.11. The van der Waals surface area contributed by atoms with E-state index >= 15 is 0 Å². The summed E-state index contributed by atoms with van der Waals surface area (Å²) in [6, 6.07) is 32.9. The zero-order chi connectivity index (χ0) is 38.7. The Labute approximate surface area is 327 Å². The number of hydrogen-bond donors (Lipinski definition) is 1. The van der Waals surface area contributed by atoms with E-state index in [0.29, 0.717) is 11.5 Å². The zero-order valence-electron chi connectivity index (χ0n) is 35.5. The molecule has 0 aliphatic carbocycles. The van der Waals surface area contributed by atoms with Crippen LogP contribution in [0.15, 0.2) is 104 Å². The number of hydrogen-bond acceptors (Lipinski definition) is 3. The van der Waals surface area contributed by atoms with Gasteiger partial charge in [-0.05, 0) is 92.7 Å². The van der Waals surface area contributed by atoms with Gasteiger partial charge in [0.1, 0.15) is 0 Å². The van der Waals surface area contributed by atoms with Gasteiger partial charge in [0.15, 0.2) is 0 Å². The number of nitrogens with one attached hydrogen (secondary N) is 1. The fourth-order valence-electron chi connectivity index (χ4n) is 6.39. The number of benzene rings is 3. The summed E-state index contributed by atoms with van der Waals surface area (Å²) in [5.74, 6) is 1.68. The van der Waals surface area contributed by atoms with Crippen LogP contribution in [0.3, 0.4) is 0 Å². The molecule has 53 heavy (non-hydrogen) atoms. The van der Waals surface area contributed by atoms with Crippen LogP contribution in [0.1, 0.15) is 130 Å². The van der Waals surface area contributed by atoms with Crippen LogP contribution in [0.4, 0.5) is 0 Å². The van der Waals surface area contributed by atoms with Gasteiger partial charge in [0, 0.05) is 50.7 Å². The van der Waals surface area contributed by atoms with Crippen molar-refractivity contribution in [1.82, 2.24) is 19.8 Å². The lowest BCUT2D eigenvalue weighted by Crippen LogP contribution is -2.48. The van der Waals surface area contributed by atoms with E-state index in [0.717, 1.165) is 24.8 Å². The predicted octanol–water partition coefficient (Wildman–Crippen LogP) is 12.7. The van der Waals surface area contributed by atoms with E-state index in [1.54, 1.807) is 6.33 Å². The highest BCUT2D eigenvalue weighted by Crippen LogP contribution is 2.22. The number of unbranched alkanes of at least 4 members (excludes halogenated alkanes) is 1. The Morgan fingerprint density at radius 1 is 0.585 bits per heavy atom. The number of piperazine rings is 1. The molecule has 0 unspecified atom stereocenters. The Balaban J connectivity index is 0.000000247. The molecule has 0 amide bonds. The highest BCUT2D eigenvalue weighted by molar-refractivity contribution is 5.16. The highest BCUT2D eigenvalue weighted by Gasteiger charge is 2.18. The standard InChI is InChI=1S/C14H22N2.2C12H18.C11H20N2/c1-13(2)16-10-8-15(9-11-16)12-14-6-4-3-5-7-14;2*1-11(2)7-6-10-12-8-4-3-5-9-12;1-11(2,3)7-5-4-6-10-8-12-9-13-10/h3-7,13H,8-12H2,1-2H3;2*3-5,8-9,11H,6-7,10H2,1-2H3;8-9H,4-7H2,1-3H3,(H,12,13). The number of aromatic nitrogens is 2. The second-order valence-electron chi connectivity index (χ2n) is 17.3. The zero-order valence-corrected chi connectivity index (χ0v) is 35.5. The van der Waals surface area contributed by atoms with E-state index in [1.807, 2.05) is 6.20 Å². The molecule has 1 aliphatic rings. The van der Waals surface area contributed by atoms with Crippen molar-refractivity contribution >= 4 is 0 Å². The first kappa shape index (κ1) is 45.9. The fraction of sp³-hybridized carbons (Fsp3) is 0.571. The molecular weight excluding hydrogens is 645 g/mol. The molecule has 5 rings (SSSR count). The summed E-state index contributed by atoms with van der Waals surface area (Å²) in [6.45, 7) is 26.5. The lowest BCUT2D eigenvalue weighted by Gasteiger charge is -2.36. The van der Waals surface area contributed by atoms with Gasteiger partial charge in [0.05, 0.1) is 6.33 Å². The van der Waals surface area contributed by atoms with Crippen molar-refractivity contribution in [2.24, 2.45) is 17.3 Å². The van der Waals surface area contributed by atoms with Crippen LogP contribution in [0.5, 0.6) is 0 Å². The minimum atomic E-state index is 0.480. The van der Waals surface area contributed by atoms with Crippen molar-refractivity contribution in [2.45, 2.75) is 139 Å². The summed E-state index contributed by atoms with van der Waals surface area (Å²) < 4.78 is 0. The van der Waals surface area contributed by atoms with Crippen LogP contribution in [-0.4, -0.2) is 52.0 Å². The number of nitrogens with zero attached hydrogens (tertiary/aromatic N) is 3. The van der Waals surface area contributed by atoms with Gasteiger partial charge in [0.2, 0.25) is 0 Å². The van der Waals surface area contributed by atoms with Crippen molar-refractivity contribution in [3.63, 3.8) is 0 Å². The summed E-state index contributed by atoms with van der Waals surface area (Å²) in [6.07, 6.45) is 16.5. The molecule has 0 atom stereocenters. The Morgan fingerprint density at radius 2 is 1.06 bits per heavy atom. The molecule has 1 N–H and O–H groups in total. The molecule has 0 bridgehead atoms. The smallest absolute Gasteiger partial charge is 0.0921 e. The first-order valence-corrected chi connectivity index (χ1v) is 21.0. The van der Waals surface area contributed by atoms with Crippen LogP contribution in [0, 0.1) is 17.3 Å². The predicted molar refractivity (Wildman–Crippen MR) is 232 cm³/mol. The molecule has 1 fully saturated rings. The first-order valence-electron chi connectivity index (χ1n) is 21.0. The number of aromatic amines is 1. The van der Waals surface area contributed by atoms with Gasteiger partial charge in [-0.1, -0.05) is 159 Å². The molecule has 0 radical (unpaired) electrons. The van der Waals surface area contributed by atoms with E-state index < -0.39 is 0 Å². The number of aryl methyl sites for hydroxylation is 3. The van der Waals surface area contributed by atoms with E-state index in [9.17, 15) is 0 Å². The summed E-state index contributed by atoms with van der Waals surface area (Å²) in [4.78, 5) is 12.2. The van der Waals surface area contributed by atoms with Gasteiger partial charge < -0.3 is 4.98 Å². The lowest BCUT2D eigenvalue weighted by molar-refractivity contribution is 0.104. The average Bonchev–Trinajstić information content (AvgIpc) is 3.66. The van der Waals surface area contributed by atoms with Crippen molar-refractivity contribution in [3.05, 3.63) is 126 Å². The Morgan fingerprint density at radius 3 is 1.45 bits per heavy atom. The fourth-order valence-corrected chi connectivity index (χ4v) is 6.39. The summed E-state index contributed by atoms with van der Waals surface area (Å²) in [7, 11) is 0. The Kier molecular flexibility index (Phi) is 23.7. The molecule has 3 aromatic carbocycles. The van der Waals surface area contributed by atoms with E-state index in [4.69, 9.17) is 0 Å². The molecule has 1 saturated heterocycles. The third-order valence-electron chi connectivity index (χ3n) is 9.74. The topological polar surface area (TPSA) is 35.2 Å². The summed E-state index contributed by atoms with van der Waals surface area (Å²) >= 11 is 0. The number of H-pyrrole nitrogens is 1. The number of rotatable bonds is 15. The van der Waals surface area contributed by atoms with Gasteiger partial charge in [-0.3, -0.25) is 9.80 Å². The van der Waals surface area contributed by atoms with Crippen molar-refractivity contribution in [1.29, 1.82) is 0 Å². The van der Waals surface area contributed by atoms with Crippen LogP contribution < -0.4 is 0 Å². The monoisotopic (exact) mass is 723 g/mol. The highest BCUT2D eigenvalue weighted by atomic mass is 15.3. The van der Waals surface area contributed by atoms with Crippen molar-refractivity contribution in [2.75, 3.05) is 26.2 Å². The van der Waals surface area contributed by atoms with Crippen molar-refractivity contribution in [3.8, 4) is 0 Å². The van der Waals surface area contributed by atoms with E-state index in [-0.39, 0.29) is 0 Å². The largest absolute Gasteiger partial charge is 0.348 e. The third-order valence-corrected chi connectivity index (χ3v) is 9.74. The minimum Gasteiger partial charge on any atom is -0.348 e. The van der Waals surface area contributed by atoms with Crippen LogP contribution in [0.25, 0.3) is 0 Å². The molecule has 4 aromatic rings. The van der Waals surface area contributed by atoms with Crippen LogP contribution in [-0.2, 0) is 25.8 Å². The molecule has 1 aliphatic heterocycles. The van der Waals surface area contributed by atoms with Gasteiger partial charge in [-0.2, -0.15) is 0 Å².